The zero-order valence-corrected chi connectivity index (χ0v) is 12.4. The summed E-state index contributed by atoms with van der Waals surface area (Å²) in [5.74, 6) is -1.39. The van der Waals surface area contributed by atoms with Gasteiger partial charge in [-0.1, -0.05) is 0 Å². The number of methoxy groups -OCH3 is 1. The van der Waals surface area contributed by atoms with Crippen LogP contribution in [0.3, 0.4) is 0 Å². The van der Waals surface area contributed by atoms with Gasteiger partial charge in [-0.15, -0.1) is 11.3 Å². The van der Waals surface area contributed by atoms with Crippen molar-refractivity contribution in [2.24, 2.45) is 5.73 Å². The summed E-state index contributed by atoms with van der Waals surface area (Å²) < 4.78 is 30.8. The molecule has 2 heterocycles. The van der Waals surface area contributed by atoms with Crippen LogP contribution in [-0.4, -0.2) is 44.3 Å². The Morgan fingerprint density at radius 3 is 2.80 bits per heavy atom. The van der Waals surface area contributed by atoms with Crippen molar-refractivity contribution >= 4 is 33.2 Å². The Balaban J connectivity index is 2.43. The quantitative estimate of drug-likeness (QED) is 0.797. The highest BCUT2D eigenvalue weighted by Gasteiger charge is 2.40. The zero-order chi connectivity index (χ0) is 14.9. The minimum Gasteiger partial charge on any atom is -0.465 e. The molecule has 0 aliphatic carbocycles. The largest absolute Gasteiger partial charge is 0.465 e. The number of primary amides is 1. The number of thiophene rings is 1. The van der Waals surface area contributed by atoms with Gasteiger partial charge in [0.2, 0.25) is 15.9 Å². The average molecular weight is 318 g/mol. The fourth-order valence-electron chi connectivity index (χ4n) is 2.18. The summed E-state index contributed by atoms with van der Waals surface area (Å²) in [5.41, 5.74) is 5.23. The van der Waals surface area contributed by atoms with Crippen LogP contribution in [0.1, 0.15) is 22.5 Å². The van der Waals surface area contributed by atoms with Crippen molar-refractivity contribution in [3.63, 3.8) is 0 Å². The summed E-state index contributed by atoms with van der Waals surface area (Å²) in [4.78, 5) is 22.8. The molecule has 1 atom stereocenters. The van der Waals surface area contributed by atoms with E-state index in [-0.39, 0.29) is 16.3 Å². The van der Waals surface area contributed by atoms with E-state index in [1.165, 1.54) is 18.6 Å². The van der Waals surface area contributed by atoms with Crippen LogP contribution < -0.4 is 5.73 Å². The lowest BCUT2D eigenvalue weighted by atomic mass is 10.2. The highest BCUT2D eigenvalue weighted by Crippen LogP contribution is 2.30. The Hall–Kier alpha value is -1.45. The van der Waals surface area contributed by atoms with E-state index in [2.05, 4.69) is 4.74 Å². The number of carbonyl (C=O) groups excluding carboxylic acids is 2. The Labute approximate surface area is 120 Å². The number of nitrogens with zero attached hydrogens (tertiary/aromatic N) is 1. The second-order valence-corrected chi connectivity index (χ2v) is 7.06. The van der Waals surface area contributed by atoms with Gasteiger partial charge in [0, 0.05) is 6.54 Å². The van der Waals surface area contributed by atoms with Gasteiger partial charge in [0.15, 0.2) is 0 Å². The molecule has 2 rings (SSSR count). The van der Waals surface area contributed by atoms with Gasteiger partial charge in [0.25, 0.3) is 0 Å². The number of hydrogen-bond donors (Lipinski definition) is 1. The van der Waals surface area contributed by atoms with Gasteiger partial charge < -0.3 is 10.5 Å². The molecule has 1 aromatic rings. The van der Waals surface area contributed by atoms with Crippen molar-refractivity contribution in [1.29, 1.82) is 0 Å². The van der Waals surface area contributed by atoms with Crippen LogP contribution in [0.25, 0.3) is 0 Å². The number of amides is 1. The van der Waals surface area contributed by atoms with Crippen LogP contribution >= 0.6 is 11.3 Å². The molecule has 1 amide bonds. The van der Waals surface area contributed by atoms with E-state index in [1.807, 2.05) is 0 Å². The predicted molar refractivity (Wildman–Crippen MR) is 71.8 cm³/mol. The van der Waals surface area contributed by atoms with Crippen LogP contribution in [0.5, 0.6) is 0 Å². The van der Waals surface area contributed by atoms with Crippen LogP contribution in [0.2, 0.25) is 0 Å². The summed E-state index contributed by atoms with van der Waals surface area (Å²) in [5, 5.41) is 1.49. The monoisotopic (exact) mass is 318 g/mol. The molecule has 9 heteroatoms. The van der Waals surface area contributed by atoms with Gasteiger partial charge in [-0.25, -0.2) is 13.2 Å². The Morgan fingerprint density at radius 1 is 1.50 bits per heavy atom. The van der Waals surface area contributed by atoms with E-state index >= 15 is 0 Å². The van der Waals surface area contributed by atoms with Gasteiger partial charge in [0.1, 0.15) is 15.8 Å². The topological polar surface area (TPSA) is 107 Å². The van der Waals surface area contributed by atoms with Crippen LogP contribution in [0.15, 0.2) is 16.3 Å². The third kappa shape index (κ3) is 2.43. The molecule has 1 unspecified atom stereocenters. The van der Waals surface area contributed by atoms with Crippen LogP contribution in [0, 0.1) is 0 Å². The third-order valence-corrected chi connectivity index (χ3v) is 6.09. The van der Waals surface area contributed by atoms with Crippen LogP contribution in [0.4, 0.5) is 0 Å². The fourth-order valence-corrected chi connectivity index (χ4v) is 5.16. The molecule has 1 saturated heterocycles. The summed E-state index contributed by atoms with van der Waals surface area (Å²) >= 11 is 0.981. The maximum Gasteiger partial charge on any atom is 0.349 e. The first-order chi connectivity index (χ1) is 9.39. The van der Waals surface area contributed by atoms with E-state index < -0.39 is 27.9 Å². The smallest absolute Gasteiger partial charge is 0.349 e. The van der Waals surface area contributed by atoms with Gasteiger partial charge >= 0.3 is 5.97 Å². The molecule has 0 aromatic carbocycles. The third-order valence-electron chi connectivity index (χ3n) is 3.12. The Bertz CT molecular complexity index is 637. The van der Waals surface area contributed by atoms with Gasteiger partial charge in [-0.2, -0.15) is 4.31 Å². The number of esters is 1. The average Bonchev–Trinajstić information content (AvgIpc) is 3.06. The predicted octanol–water partition coefficient (Wildman–Crippen LogP) is 0.173. The van der Waals surface area contributed by atoms with E-state index in [0.29, 0.717) is 12.8 Å². The maximum absolute atomic E-state index is 12.6. The van der Waals surface area contributed by atoms with E-state index in [1.54, 1.807) is 0 Å². The normalized spacial score (nSPS) is 19.9. The first-order valence-electron chi connectivity index (χ1n) is 5.86. The van der Waals surface area contributed by atoms with Crippen molar-refractivity contribution in [1.82, 2.24) is 4.31 Å². The standard InChI is InChI=1S/C11H14N2O5S2/c1-18-11(15)9-8(4-6-19-9)20(16,17)13-5-2-3-7(13)10(12)14/h4,6-7H,2-3,5H2,1H3,(H2,12,14). The molecule has 110 valence electrons. The van der Waals surface area contributed by atoms with Gasteiger partial charge in [-0.05, 0) is 24.3 Å². The maximum atomic E-state index is 12.6. The summed E-state index contributed by atoms with van der Waals surface area (Å²) in [6.45, 7) is 0.215. The summed E-state index contributed by atoms with van der Waals surface area (Å²) in [6, 6.07) is 0.480. The van der Waals surface area contributed by atoms with Crippen molar-refractivity contribution in [3.05, 3.63) is 16.3 Å². The first kappa shape index (κ1) is 14.9. The minimum absolute atomic E-state index is 0.00243. The molecule has 0 bridgehead atoms. The molecular formula is C11H14N2O5S2. The molecule has 1 fully saturated rings. The highest BCUT2D eigenvalue weighted by molar-refractivity contribution is 7.89. The van der Waals surface area contributed by atoms with Gasteiger partial charge in [-0.3, -0.25) is 4.79 Å². The molecule has 0 saturated carbocycles. The number of sulfonamides is 1. The lowest BCUT2D eigenvalue weighted by molar-refractivity contribution is -0.121. The molecule has 1 aromatic heterocycles. The molecule has 20 heavy (non-hydrogen) atoms. The molecule has 0 spiro atoms. The van der Waals surface area contributed by atoms with Crippen LogP contribution in [-0.2, 0) is 19.6 Å². The fraction of sp³-hybridized carbons (Fsp3) is 0.455. The number of ether oxygens (including phenoxy) is 1. The van der Waals surface area contributed by atoms with Crippen molar-refractivity contribution < 1.29 is 22.7 Å². The van der Waals surface area contributed by atoms with E-state index in [9.17, 15) is 18.0 Å². The minimum atomic E-state index is -3.93. The molecular weight excluding hydrogens is 304 g/mol. The molecule has 7 nitrogen and oxygen atoms in total. The summed E-state index contributed by atoms with van der Waals surface area (Å²) in [7, 11) is -2.75. The lowest BCUT2D eigenvalue weighted by Crippen LogP contribution is -2.43. The summed E-state index contributed by atoms with van der Waals surface area (Å²) in [6.07, 6.45) is 0.955. The Kier molecular flexibility index (Phi) is 4.11. The van der Waals surface area contributed by atoms with E-state index in [0.717, 1.165) is 15.6 Å². The highest BCUT2D eigenvalue weighted by atomic mass is 32.2. The molecule has 1 aliphatic rings. The second kappa shape index (κ2) is 5.51. The van der Waals surface area contributed by atoms with Crippen molar-refractivity contribution in [3.8, 4) is 0 Å². The number of carbonyl (C=O) groups is 2. The number of hydrogen-bond acceptors (Lipinski definition) is 6. The zero-order valence-electron chi connectivity index (χ0n) is 10.7. The number of nitrogens with two attached hydrogens (primary N) is 1. The van der Waals surface area contributed by atoms with E-state index in [4.69, 9.17) is 5.73 Å². The Morgan fingerprint density at radius 2 is 2.20 bits per heavy atom. The molecule has 2 N–H and O–H groups in total. The molecule has 1 aliphatic heterocycles. The first-order valence-corrected chi connectivity index (χ1v) is 8.18. The SMILES string of the molecule is COC(=O)c1sccc1S(=O)(=O)N1CCCC1C(N)=O. The second-order valence-electron chi connectivity index (χ2n) is 4.28. The van der Waals surface area contributed by atoms with Gasteiger partial charge in [0.05, 0.1) is 7.11 Å². The number of rotatable bonds is 4. The van der Waals surface area contributed by atoms with Crippen molar-refractivity contribution in [2.45, 2.75) is 23.8 Å². The lowest BCUT2D eigenvalue weighted by Gasteiger charge is -2.21. The molecule has 0 radical (unpaired) electrons. The van der Waals surface area contributed by atoms with Crippen molar-refractivity contribution in [2.75, 3.05) is 13.7 Å².